The summed E-state index contributed by atoms with van der Waals surface area (Å²) in [5.41, 5.74) is 11.9. The van der Waals surface area contributed by atoms with Crippen LogP contribution in [0.5, 0.6) is 0 Å². The Morgan fingerprint density at radius 1 is 1.08 bits per heavy atom. The van der Waals surface area contributed by atoms with Crippen molar-refractivity contribution < 1.29 is 4.79 Å². The predicted octanol–water partition coefficient (Wildman–Crippen LogP) is 4.25. The molecule has 0 unspecified atom stereocenters. The van der Waals surface area contributed by atoms with Crippen molar-refractivity contribution >= 4 is 44.7 Å². The normalized spacial score (nSPS) is 15.8. The number of hydrazine groups is 1. The summed E-state index contributed by atoms with van der Waals surface area (Å²) in [7, 11) is 2.16. The van der Waals surface area contributed by atoms with Crippen LogP contribution in [0.3, 0.4) is 0 Å². The Labute approximate surface area is 231 Å². The zero-order valence-electron chi connectivity index (χ0n) is 21.5. The van der Waals surface area contributed by atoms with Gasteiger partial charge >= 0.3 is 0 Å². The highest BCUT2D eigenvalue weighted by atomic mass is 79.9. The number of anilines is 3. The number of carbonyl (C=O) groups is 1. The molecule has 3 aromatic rings. The minimum absolute atomic E-state index is 0.165. The van der Waals surface area contributed by atoms with Gasteiger partial charge in [0.1, 0.15) is 0 Å². The summed E-state index contributed by atoms with van der Waals surface area (Å²) >= 11 is 3.68. The maximum absolute atomic E-state index is 13.1. The number of nitrogens with zero attached hydrogens (tertiary/aromatic N) is 4. The highest BCUT2D eigenvalue weighted by molar-refractivity contribution is 9.10. The van der Waals surface area contributed by atoms with Crippen molar-refractivity contribution in [3.05, 3.63) is 94.0 Å². The minimum atomic E-state index is -0.165. The second-order valence-corrected chi connectivity index (χ2v) is 10.3. The molecule has 9 nitrogen and oxygen atoms in total. The van der Waals surface area contributed by atoms with Crippen molar-refractivity contribution in [3.63, 3.8) is 0 Å². The van der Waals surface area contributed by atoms with Crippen molar-refractivity contribution in [3.8, 4) is 0 Å². The number of halogens is 1. The van der Waals surface area contributed by atoms with Gasteiger partial charge in [-0.15, -0.1) is 0 Å². The van der Waals surface area contributed by atoms with Gasteiger partial charge in [0.2, 0.25) is 5.95 Å². The van der Waals surface area contributed by atoms with E-state index in [9.17, 15) is 4.79 Å². The minimum Gasteiger partial charge on any atom is -0.324 e. The van der Waals surface area contributed by atoms with E-state index in [4.69, 9.17) is 0 Å². The van der Waals surface area contributed by atoms with Crippen LogP contribution in [0.2, 0.25) is 0 Å². The standard InChI is InChI=1S/C28H31BrN8O/c1-19-3-6-23(16-26(19)35-28-30-9-8-25(34-28)21-7-10-31-32-17-21)33-27(38)20-4-5-22(24(29)15-20)18-37-13-11-36(2)12-14-37/h3-10,15-17,31-32H,11-14,18H2,1-2H3,(H,33,38)(H,30,34,35). The maximum Gasteiger partial charge on any atom is 0.255 e. The van der Waals surface area contributed by atoms with E-state index >= 15 is 0 Å². The van der Waals surface area contributed by atoms with Crippen LogP contribution in [0.4, 0.5) is 17.3 Å². The molecule has 1 fully saturated rings. The molecule has 1 amide bonds. The summed E-state index contributed by atoms with van der Waals surface area (Å²) in [6.45, 7) is 7.12. The number of likely N-dealkylation sites (N-methyl/N-ethyl adjacent to an activating group) is 1. The molecule has 1 aromatic heterocycles. The largest absolute Gasteiger partial charge is 0.324 e. The first-order valence-electron chi connectivity index (χ1n) is 12.5. The monoisotopic (exact) mass is 574 g/mol. The van der Waals surface area contributed by atoms with Crippen LogP contribution in [0, 0.1) is 6.92 Å². The van der Waals surface area contributed by atoms with Gasteiger partial charge in [-0.3, -0.25) is 9.69 Å². The number of benzene rings is 2. The van der Waals surface area contributed by atoms with Gasteiger partial charge < -0.3 is 26.4 Å². The van der Waals surface area contributed by atoms with E-state index in [1.54, 1.807) is 12.4 Å². The molecule has 0 saturated carbocycles. The third-order valence-electron chi connectivity index (χ3n) is 6.66. The van der Waals surface area contributed by atoms with Gasteiger partial charge in [-0.2, -0.15) is 0 Å². The maximum atomic E-state index is 13.1. The Hall–Kier alpha value is -3.73. The fraction of sp³-hybridized carbons (Fsp3) is 0.250. The quantitative estimate of drug-likeness (QED) is 0.332. The summed E-state index contributed by atoms with van der Waals surface area (Å²) in [5, 5.41) is 6.30. The number of hydrogen-bond donors (Lipinski definition) is 4. The average Bonchev–Trinajstić information content (AvgIpc) is 2.93. The zero-order chi connectivity index (χ0) is 26.5. The van der Waals surface area contributed by atoms with E-state index in [0.717, 1.165) is 59.7 Å². The lowest BCUT2D eigenvalue weighted by atomic mass is 10.1. The molecule has 4 N–H and O–H groups in total. The molecule has 0 bridgehead atoms. The van der Waals surface area contributed by atoms with E-state index in [-0.39, 0.29) is 5.91 Å². The molecule has 3 heterocycles. The van der Waals surface area contributed by atoms with Gasteiger partial charge in [0.15, 0.2) is 0 Å². The lowest BCUT2D eigenvalue weighted by Gasteiger charge is -2.32. The predicted molar refractivity (Wildman–Crippen MR) is 155 cm³/mol. The molecule has 5 rings (SSSR count). The van der Waals surface area contributed by atoms with Crippen LogP contribution in [0.25, 0.3) is 5.57 Å². The van der Waals surface area contributed by atoms with Crippen molar-refractivity contribution in [2.45, 2.75) is 13.5 Å². The lowest BCUT2D eigenvalue weighted by molar-refractivity contribution is 0.102. The lowest BCUT2D eigenvalue weighted by Crippen LogP contribution is -2.43. The van der Waals surface area contributed by atoms with Crippen LogP contribution < -0.4 is 21.5 Å². The van der Waals surface area contributed by atoms with Gasteiger partial charge in [-0.25, -0.2) is 9.97 Å². The second kappa shape index (κ2) is 11.8. The van der Waals surface area contributed by atoms with Crippen molar-refractivity contribution in [1.29, 1.82) is 0 Å². The summed E-state index contributed by atoms with van der Waals surface area (Å²) in [6.07, 6.45) is 7.29. The number of aromatic nitrogens is 2. The van der Waals surface area contributed by atoms with Gasteiger partial charge in [0.05, 0.1) is 5.69 Å². The Bertz CT molecular complexity index is 1380. The zero-order valence-corrected chi connectivity index (χ0v) is 23.0. The molecule has 0 radical (unpaired) electrons. The van der Waals surface area contributed by atoms with Gasteiger partial charge in [0, 0.05) is 78.3 Å². The third-order valence-corrected chi connectivity index (χ3v) is 7.39. The first-order valence-corrected chi connectivity index (χ1v) is 13.3. The molecule has 2 aromatic carbocycles. The smallest absolute Gasteiger partial charge is 0.255 e. The number of nitrogens with one attached hydrogen (secondary N) is 4. The van der Waals surface area contributed by atoms with Crippen molar-refractivity contribution in [1.82, 2.24) is 30.6 Å². The van der Waals surface area contributed by atoms with E-state index < -0.39 is 0 Å². The van der Waals surface area contributed by atoms with Gasteiger partial charge in [-0.1, -0.05) is 28.1 Å². The van der Waals surface area contributed by atoms with Crippen LogP contribution in [-0.4, -0.2) is 58.9 Å². The molecule has 38 heavy (non-hydrogen) atoms. The van der Waals surface area contributed by atoms with E-state index in [1.165, 1.54) is 5.56 Å². The molecule has 0 spiro atoms. The number of carbonyl (C=O) groups excluding carboxylic acids is 1. The molecule has 1 saturated heterocycles. The first kappa shape index (κ1) is 25.9. The molecule has 0 atom stereocenters. The number of amides is 1. The Balaban J connectivity index is 1.25. The van der Waals surface area contributed by atoms with Crippen LogP contribution in [0.1, 0.15) is 27.2 Å². The highest BCUT2D eigenvalue weighted by Crippen LogP contribution is 2.25. The van der Waals surface area contributed by atoms with Gasteiger partial charge in [-0.05, 0) is 61.5 Å². The van der Waals surface area contributed by atoms with Crippen molar-refractivity contribution in [2.75, 3.05) is 43.9 Å². The Kier molecular flexibility index (Phi) is 8.02. The number of allylic oxidation sites excluding steroid dienone is 2. The Morgan fingerprint density at radius 2 is 1.92 bits per heavy atom. The van der Waals surface area contributed by atoms with E-state index in [1.807, 2.05) is 61.7 Å². The highest BCUT2D eigenvalue weighted by Gasteiger charge is 2.16. The molecular weight excluding hydrogens is 544 g/mol. The van der Waals surface area contributed by atoms with Crippen molar-refractivity contribution in [2.24, 2.45) is 0 Å². The molecule has 196 valence electrons. The topological polar surface area (TPSA) is 97.5 Å². The number of rotatable bonds is 7. The first-order chi connectivity index (χ1) is 18.4. The second-order valence-electron chi connectivity index (χ2n) is 9.48. The average molecular weight is 576 g/mol. The molecular formula is C28H31BrN8O. The van der Waals surface area contributed by atoms with E-state index in [0.29, 0.717) is 17.2 Å². The summed E-state index contributed by atoms with van der Waals surface area (Å²) in [6, 6.07) is 13.4. The van der Waals surface area contributed by atoms with Gasteiger partial charge in [0.25, 0.3) is 5.91 Å². The fourth-order valence-corrected chi connectivity index (χ4v) is 4.81. The number of piperazine rings is 1. The van der Waals surface area contributed by atoms with Crippen LogP contribution in [0.15, 0.2) is 71.6 Å². The molecule has 2 aliphatic rings. The van der Waals surface area contributed by atoms with Crippen LogP contribution in [-0.2, 0) is 6.54 Å². The number of hydrogen-bond acceptors (Lipinski definition) is 8. The molecule has 10 heteroatoms. The SMILES string of the molecule is Cc1ccc(NC(=O)c2ccc(CN3CCN(C)CC3)c(Br)c2)cc1Nc1nccc(C2=CNNC=C2)n1. The van der Waals surface area contributed by atoms with E-state index in [2.05, 4.69) is 64.2 Å². The number of aryl methyl sites for hydroxylation is 1. The summed E-state index contributed by atoms with van der Waals surface area (Å²) in [4.78, 5) is 26.8. The molecule has 2 aliphatic heterocycles. The van der Waals surface area contributed by atoms with Crippen LogP contribution >= 0.6 is 15.9 Å². The fourth-order valence-electron chi connectivity index (χ4n) is 4.31. The summed E-state index contributed by atoms with van der Waals surface area (Å²) in [5.74, 6) is 0.309. The third kappa shape index (κ3) is 6.39. The Morgan fingerprint density at radius 3 is 2.68 bits per heavy atom. The summed E-state index contributed by atoms with van der Waals surface area (Å²) < 4.78 is 0.946. The molecule has 0 aliphatic carbocycles.